The van der Waals surface area contributed by atoms with Crippen LogP contribution in [0.1, 0.15) is 6.92 Å². The molecule has 5 N–H and O–H groups in total. The van der Waals surface area contributed by atoms with Crippen molar-refractivity contribution < 1.29 is 9.47 Å². The summed E-state index contributed by atoms with van der Waals surface area (Å²) in [4.78, 5) is 4.20. The van der Waals surface area contributed by atoms with Gasteiger partial charge in [0.1, 0.15) is 11.5 Å². The molecule has 0 bridgehead atoms. The van der Waals surface area contributed by atoms with Gasteiger partial charge in [0, 0.05) is 6.54 Å². The molecular formula is C11H16ClN5O2. The van der Waals surface area contributed by atoms with Crippen molar-refractivity contribution in [2.45, 2.75) is 12.5 Å². The van der Waals surface area contributed by atoms with Gasteiger partial charge in [0.15, 0.2) is 11.6 Å². The van der Waals surface area contributed by atoms with E-state index in [0.29, 0.717) is 23.2 Å². The predicted molar refractivity (Wildman–Crippen MR) is 72.8 cm³/mol. The van der Waals surface area contributed by atoms with Crippen LogP contribution in [0.3, 0.4) is 0 Å². The molecule has 2 rings (SSSR count). The van der Waals surface area contributed by atoms with Gasteiger partial charge in [-0.25, -0.2) is 0 Å². The molecule has 1 unspecified atom stereocenters. The van der Waals surface area contributed by atoms with Crippen molar-refractivity contribution in [2.24, 2.45) is 10.7 Å². The van der Waals surface area contributed by atoms with Crippen LogP contribution in [0.15, 0.2) is 27.7 Å². The monoisotopic (exact) mass is 285 g/mol. The highest BCUT2D eigenvalue weighted by Gasteiger charge is 2.36. The number of rotatable bonds is 3. The van der Waals surface area contributed by atoms with Gasteiger partial charge in [-0.3, -0.25) is 10.4 Å². The number of hydrogen-bond acceptors (Lipinski definition) is 6. The second kappa shape index (κ2) is 5.00. The van der Waals surface area contributed by atoms with Crippen LogP contribution in [0.2, 0.25) is 0 Å². The summed E-state index contributed by atoms with van der Waals surface area (Å²) in [5.41, 5.74) is 4.85. The highest BCUT2D eigenvalue weighted by molar-refractivity contribution is 6.32. The Morgan fingerprint density at radius 2 is 2.47 bits per heavy atom. The fourth-order valence-electron chi connectivity index (χ4n) is 1.67. The third kappa shape index (κ3) is 2.60. The smallest absolute Gasteiger partial charge is 0.306 e. The zero-order valence-corrected chi connectivity index (χ0v) is 11.5. The maximum atomic E-state index is 7.55. The number of halogens is 1. The minimum absolute atomic E-state index is 0.157. The fraction of sp³-hybridized carbons (Fsp3) is 0.455. The van der Waals surface area contributed by atoms with Gasteiger partial charge in [0.05, 0.1) is 18.7 Å². The molecule has 0 aromatic carbocycles. The number of allylic oxidation sites excluding steroid dienone is 1. The van der Waals surface area contributed by atoms with E-state index in [1.54, 1.807) is 13.0 Å². The number of methoxy groups -OCH3 is 1. The maximum Gasteiger partial charge on any atom is 0.306 e. The van der Waals surface area contributed by atoms with Crippen LogP contribution in [-0.2, 0) is 9.47 Å². The van der Waals surface area contributed by atoms with Crippen molar-refractivity contribution in [3.05, 3.63) is 22.8 Å². The highest BCUT2D eigenvalue weighted by atomic mass is 35.5. The second-order valence-electron chi connectivity index (χ2n) is 4.26. The van der Waals surface area contributed by atoms with Crippen LogP contribution < -0.4 is 16.4 Å². The van der Waals surface area contributed by atoms with Crippen LogP contribution in [0, 0.1) is 5.41 Å². The molecular weight excluding hydrogens is 270 g/mol. The number of ether oxygens (including phenoxy) is 2. The van der Waals surface area contributed by atoms with E-state index in [2.05, 4.69) is 15.6 Å². The molecule has 0 spiro atoms. The Morgan fingerprint density at radius 3 is 3.00 bits per heavy atom. The Bertz CT molecular complexity index is 499. The molecule has 0 amide bonds. The summed E-state index contributed by atoms with van der Waals surface area (Å²) < 4.78 is 10.7. The summed E-state index contributed by atoms with van der Waals surface area (Å²) in [6.45, 7) is 3.11. The van der Waals surface area contributed by atoms with Gasteiger partial charge in [-0.1, -0.05) is 11.6 Å². The third-order valence-electron chi connectivity index (χ3n) is 2.79. The third-order valence-corrected chi connectivity index (χ3v) is 3.09. The fourth-order valence-corrected chi connectivity index (χ4v) is 2.00. The summed E-state index contributed by atoms with van der Waals surface area (Å²) in [5, 5.41) is 14.0. The Morgan fingerprint density at radius 1 is 1.74 bits per heavy atom. The van der Waals surface area contributed by atoms with E-state index in [4.69, 9.17) is 32.2 Å². The molecule has 2 heterocycles. The molecule has 0 radical (unpaired) electrons. The summed E-state index contributed by atoms with van der Waals surface area (Å²) >= 11 is 6.21. The standard InChI is InChI=1S/C11H16ClN5O2/c1-11(9(13)14)5-6(12)7(8(18-2)19-11)17-10-15-3-4-16-10/h5H,3-4H2,1-2H3,(H3,13,14)(H2,15,16,17). The first-order valence-corrected chi connectivity index (χ1v) is 6.10. The molecule has 19 heavy (non-hydrogen) atoms. The van der Waals surface area contributed by atoms with Crippen LogP contribution in [0.25, 0.3) is 0 Å². The van der Waals surface area contributed by atoms with Crippen molar-refractivity contribution in [1.82, 2.24) is 10.6 Å². The molecule has 104 valence electrons. The van der Waals surface area contributed by atoms with Crippen molar-refractivity contribution >= 4 is 23.4 Å². The SMILES string of the molecule is COC1=C(NC2=NCCN2)C(Cl)=CC(C)(C(=N)N)O1. The first-order valence-electron chi connectivity index (χ1n) is 5.72. The highest BCUT2D eigenvalue weighted by Crippen LogP contribution is 2.31. The Balaban J connectivity index is 2.28. The summed E-state index contributed by atoms with van der Waals surface area (Å²) in [6.07, 6.45) is 1.55. The quantitative estimate of drug-likeness (QED) is 0.438. The van der Waals surface area contributed by atoms with E-state index in [0.717, 1.165) is 6.54 Å². The predicted octanol–water partition coefficient (Wildman–Crippen LogP) is 0.198. The van der Waals surface area contributed by atoms with Crippen LogP contribution in [0.4, 0.5) is 0 Å². The Hall–Kier alpha value is -1.89. The second-order valence-corrected chi connectivity index (χ2v) is 4.67. The van der Waals surface area contributed by atoms with E-state index < -0.39 is 5.60 Å². The lowest BCUT2D eigenvalue weighted by Gasteiger charge is -2.32. The van der Waals surface area contributed by atoms with Gasteiger partial charge < -0.3 is 25.8 Å². The van der Waals surface area contributed by atoms with Crippen molar-refractivity contribution in [3.63, 3.8) is 0 Å². The molecule has 8 heteroatoms. The van der Waals surface area contributed by atoms with Crippen molar-refractivity contribution in [2.75, 3.05) is 20.2 Å². The lowest BCUT2D eigenvalue weighted by molar-refractivity contribution is 0.00299. The Labute approximate surface area is 116 Å². The summed E-state index contributed by atoms with van der Waals surface area (Å²) in [7, 11) is 1.46. The van der Waals surface area contributed by atoms with Crippen molar-refractivity contribution in [3.8, 4) is 0 Å². The number of aliphatic imine (C=N–C) groups is 1. The minimum atomic E-state index is -1.11. The van der Waals surface area contributed by atoms with Crippen molar-refractivity contribution in [1.29, 1.82) is 5.41 Å². The number of hydrogen-bond donors (Lipinski definition) is 4. The molecule has 7 nitrogen and oxygen atoms in total. The van der Waals surface area contributed by atoms with Gasteiger partial charge in [-0.15, -0.1) is 0 Å². The summed E-state index contributed by atoms with van der Waals surface area (Å²) in [6, 6.07) is 0. The average Bonchev–Trinajstić information content (AvgIpc) is 2.85. The molecule has 0 aromatic heterocycles. The van der Waals surface area contributed by atoms with E-state index >= 15 is 0 Å². The van der Waals surface area contributed by atoms with Crippen LogP contribution >= 0.6 is 11.6 Å². The molecule has 0 fully saturated rings. The number of nitrogens with one attached hydrogen (secondary N) is 3. The number of nitrogens with two attached hydrogens (primary N) is 1. The Kier molecular flexibility index (Phi) is 3.57. The maximum absolute atomic E-state index is 7.55. The van der Waals surface area contributed by atoms with Gasteiger partial charge in [-0.05, 0) is 13.0 Å². The average molecular weight is 286 g/mol. The van der Waals surface area contributed by atoms with Gasteiger partial charge in [0.25, 0.3) is 0 Å². The normalized spacial score (nSPS) is 26.1. The summed E-state index contributed by atoms with van der Waals surface area (Å²) in [5.74, 6) is 0.614. The zero-order chi connectivity index (χ0) is 14.0. The molecule has 0 aromatic rings. The van der Waals surface area contributed by atoms with E-state index in [1.807, 2.05) is 0 Å². The number of nitrogens with zero attached hydrogens (tertiary/aromatic N) is 1. The minimum Gasteiger partial charge on any atom is -0.467 e. The lowest BCUT2D eigenvalue weighted by Crippen LogP contribution is -2.45. The molecule has 1 atom stereocenters. The topological polar surface area (TPSA) is 105 Å². The largest absolute Gasteiger partial charge is 0.467 e. The first kappa shape index (κ1) is 13.5. The molecule has 0 aliphatic carbocycles. The van der Waals surface area contributed by atoms with E-state index in [-0.39, 0.29) is 11.8 Å². The zero-order valence-electron chi connectivity index (χ0n) is 10.7. The molecule has 2 aliphatic heterocycles. The van der Waals surface area contributed by atoms with Crippen LogP contribution in [-0.4, -0.2) is 37.6 Å². The number of guanidine groups is 1. The van der Waals surface area contributed by atoms with Gasteiger partial charge in [-0.2, -0.15) is 0 Å². The van der Waals surface area contributed by atoms with Gasteiger partial charge in [0.2, 0.25) is 0 Å². The van der Waals surface area contributed by atoms with E-state index in [1.165, 1.54) is 7.11 Å². The van der Waals surface area contributed by atoms with E-state index in [9.17, 15) is 0 Å². The van der Waals surface area contributed by atoms with Crippen LogP contribution in [0.5, 0.6) is 0 Å². The molecule has 2 aliphatic rings. The molecule has 0 saturated carbocycles. The first-order chi connectivity index (χ1) is 8.96. The molecule has 0 saturated heterocycles. The lowest BCUT2D eigenvalue weighted by atomic mass is 10.0. The number of amidine groups is 1. The van der Waals surface area contributed by atoms with Gasteiger partial charge >= 0.3 is 5.95 Å².